The van der Waals surface area contributed by atoms with E-state index in [1.54, 1.807) is 0 Å². The Kier molecular flexibility index (Phi) is 4.53. The fourth-order valence-corrected chi connectivity index (χ4v) is 6.50. The number of carbonyl (C=O) groups is 1. The van der Waals surface area contributed by atoms with Crippen molar-refractivity contribution in [2.24, 2.45) is 0 Å². The molecule has 1 N–H and O–H groups in total. The number of anilines is 1. The van der Waals surface area contributed by atoms with Crippen molar-refractivity contribution in [1.29, 1.82) is 0 Å². The van der Waals surface area contributed by atoms with E-state index >= 15 is 0 Å². The molecule has 0 aliphatic carbocycles. The van der Waals surface area contributed by atoms with Gasteiger partial charge in [-0.15, -0.1) is 0 Å². The van der Waals surface area contributed by atoms with Gasteiger partial charge < -0.3 is 5.32 Å². The summed E-state index contributed by atoms with van der Waals surface area (Å²) in [6.45, 7) is 6.31. The molecule has 0 spiro atoms. The Bertz CT molecular complexity index is 472. The van der Waals surface area contributed by atoms with Crippen molar-refractivity contribution in [3.63, 3.8) is 0 Å². The van der Waals surface area contributed by atoms with Crippen LogP contribution in [-0.2, 0) is 4.79 Å². The second-order valence-electron chi connectivity index (χ2n) is 5.89. The minimum atomic E-state index is -0.991. The highest BCUT2D eigenvalue weighted by Crippen LogP contribution is 2.60. The van der Waals surface area contributed by atoms with Crippen molar-refractivity contribution >= 4 is 30.5 Å². The van der Waals surface area contributed by atoms with Gasteiger partial charge in [0.15, 0.2) is 0 Å². The highest BCUT2D eigenvalue weighted by atomic mass is 35.5. The summed E-state index contributed by atoms with van der Waals surface area (Å²) in [6.07, 6.45) is 5.89. The number of hydrogen-bond donors (Lipinski definition) is 1. The predicted octanol–water partition coefficient (Wildman–Crippen LogP) is 4.34. The number of nitrogens with one attached hydrogen (secondary N) is 1. The molecule has 19 heavy (non-hydrogen) atoms. The molecule has 1 aliphatic heterocycles. The molecule has 1 amide bonds. The quantitative estimate of drug-likeness (QED) is 0.827. The molecule has 0 atom stereocenters. The summed E-state index contributed by atoms with van der Waals surface area (Å²) >= 11 is 6.01. The van der Waals surface area contributed by atoms with Crippen LogP contribution in [0.1, 0.15) is 24.0 Å². The third-order valence-electron chi connectivity index (χ3n) is 3.93. The largest absolute Gasteiger partial charge is 0.322 e. The summed E-state index contributed by atoms with van der Waals surface area (Å²) < 4.78 is 0. The highest BCUT2D eigenvalue weighted by molar-refractivity contribution is 7.76. The molecule has 4 heteroatoms. The van der Waals surface area contributed by atoms with Crippen molar-refractivity contribution in [2.75, 3.05) is 30.5 Å². The summed E-state index contributed by atoms with van der Waals surface area (Å²) in [5, 5.41) is 3.81. The van der Waals surface area contributed by atoms with Crippen LogP contribution in [0.15, 0.2) is 12.1 Å². The molecule has 0 unspecified atom stereocenters. The average Bonchev–Trinajstić information content (AvgIpc) is 2.70. The van der Waals surface area contributed by atoms with Crippen LogP contribution in [0.25, 0.3) is 0 Å². The number of carbonyl (C=O) groups excluding carboxylic acids is 1. The van der Waals surface area contributed by atoms with Gasteiger partial charge in [0.1, 0.15) is 6.16 Å². The van der Waals surface area contributed by atoms with Crippen molar-refractivity contribution in [2.45, 2.75) is 26.7 Å². The molecule has 1 aromatic rings. The van der Waals surface area contributed by atoms with Gasteiger partial charge in [-0.25, -0.2) is 0 Å². The number of halogens is 1. The van der Waals surface area contributed by atoms with E-state index in [0.717, 1.165) is 28.0 Å². The van der Waals surface area contributed by atoms with Gasteiger partial charge in [0, 0.05) is 24.6 Å². The number of hydrogen-bond acceptors (Lipinski definition) is 1. The zero-order valence-corrected chi connectivity index (χ0v) is 13.6. The third-order valence-corrected chi connectivity index (χ3v) is 7.99. The lowest BCUT2D eigenvalue weighted by Gasteiger charge is -2.17. The van der Waals surface area contributed by atoms with Gasteiger partial charge in [0.25, 0.3) is 5.91 Å². The second kappa shape index (κ2) is 5.81. The van der Waals surface area contributed by atoms with E-state index in [4.69, 9.17) is 11.6 Å². The van der Waals surface area contributed by atoms with Gasteiger partial charge >= 0.3 is 0 Å². The molecule has 2 nitrogen and oxygen atoms in total. The Morgan fingerprint density at radius 3 is 2.32 bits per heavy atom. The molecule has 2 rings (SSSR count). The minimum Gasteiger partial charge on any atom is -0.322 e. The van der Waals surface area contributed by atoms with E-state index < -0.39 is 7.26 Å². The van der Waals surface area contributed by atoms with E-state index in [0.29, 0.717) is 0 Å². The van der Waals surface area contributed by atoms with E-state index in [-0.39, 0.29) is 5.91 Å². The van der Waals surface area contributed by atoms with Crippen LogP contribution in [0, 0.1) is 13.8 Å². The van der Waals surface area contributed by atoms with Gasteiger partial charge in [0.2, 0.25) is 0 Å². The van der Waals surface area contributed by atoms with Gasteiger partial charge in [-0.05, 0) is 49.9 Å². The van der Waals surface area contributed by atoms with E-state index in [2.05, 4.69) is 12.0 Å². The maximum atomic E-state index is 12.2. The van der Waals surface area contributed by atoms with Gasteiger partial charge in [0.05, 0.1) is 12.3 Å². The Balaban J connectivity index is 2.07. The fourth-order valence-electron chi connectivity index (χ4n) is 2.89. The molecule has 104 valence electrons. The fraction of sp³-hybridized carbons (Fsp3) is 0.533. The average molecular weight is 299 g/mol. The zero-order chi connectivity index (χ0) is 14.0. The maximum Gasteiger partial charge on any atom is 0.261 e. The van der Waals surface area contributed by atoms with Crippen LogP contribution in [0.4, 0.5) is 5.69 Å². The Morgan fingerprint density at radius 1 is 1.26 bits per heavy atom. The third kappa shape index (κ3) is 3.70. The van der Waals surface area contributed by atoms with Crippen molar-refractivity contribution < 1.29 is 4.79 Å². The molecule has 1 fully saturated rings. The zero-order valence-electron chi connectivity index (χ0n) is 11.9. The van der Waals surface area contributed by atoms with Crippen molar-refractivity contribution in [3.8, 4) is 0 Å². The van der Waals surface area contributed by atoms with Gasteiger partial charge in [-0.1, -0.05) is 11.6 Å². The number of amides is 1. The van der Waals surface area contributed by atoms with Crippen molar-refractivity contribution in [3.05, 3.63) is 28.3 Å². The lowest BCUT2D eigenvalue weighted by molar-refractivity contribution is -0.113. The van der Waals surface area contributed by atoms with Crippen LogP contribution in [-0.4, -0.2) is 31.1 Å². The summed E-state index contributed by atoms with van der Waals surface area (Å²) in [5.74, 6) is 0.172. The molecule has 0 saturated carbocycles. The van der Waals surface area contributed by atoms with Crippen molar-refractivity contribution in [1.82, 2.24) is 0 Å². The number of aryl methyl sites for hydroxylation is 2. The topological polar surface area (TPSA) is 29.1 Å². The summed E-state index contributed by atoms with van der Waals surface area (Å²) in [6, 6.07) is 3.80. The smallest absolute Gasteiger partial charge is 0.261 e. The first kappa shape index (κ1) is 14.8. The highest BCUT2D eigenvalue weighted by Gasteiger charge is 2.37. The predicted molar refractivity (Wildman–Crippen MR) is 86.2 cm³/mol. The molecule has 1 heterocycles. The lowest BCUT2D eigenvalue weighted by atomic mass is 10.1. The Hall–Kier alpha value is -0.590. The van der Waals surface area contributed by atoms with Gasteiger partial charge in [-0.2, -0.15) is 0 Å². The van der Waals surface area contributed by atoms with Crippen LogP contribution in [0.2, 0.25) is 5.02 Å². The van der Waals surface area contributed by atoms with Crippen LogP contribution in [0.3, 0.4) is 0 Å². The first-order valence-electron chi connectivity index (χ1n) is 6.80. The number of benzene rings is 1. The molecule has 0 bridgehead atoms. The number of rotatable bonds is 3. The maximum absolute atomic E-state index is 12.2. The molecular weight excluding hydrogens is 277 g/mol. The SMILES string of the molecule is Cc1cc(Cl)cc(C)c1NC(=O)C[P+]1(C)CCCC1. The summed E-state index contributed by atoms with van der Waals surface area (Å²) in [7, 11) is -0.991. The van der Waals surface area contributed by atoms with Crippen LogP contribution in [0.5, 0.6) is 0 Å². The molecule has 0 radical (unpaired) electrons. The standard InChI is InChI=1S/C15H21ClNOP/c1-11-8-13(16)9-12(2)15(11)17-14(18)10-19(3)6-4-5-7-19/h8-9H,4-7,10H2,1-3H3/p+1. The van der Waals surface area contributed by atoms with E-state index in [1.165, 1.54) is 25.2 Å². The minimum absolute atomic E-state index is 0.172. The Labute approximate surface area is 121 Å². The molecule has 1 aliphatic rings. The normalized spacial score (nSPS) is 17.5. The summed E-state index contributed by atoms with van der Waals surface area (Å²) in [5.41, 5.74) is 3.00. The monoisotopic (exact) mass is 298 g/mol. The Morgan fingerprint density at radius 2 is 1.79 bits per heavy atom. The van der Waals surface area contributed by atoms with Crippen LogP contribution < -0.4 is 5.32 Å². The lowest BCUT2D eigenvalue weighted by Crippen LogP contribution is -2.20. The first-order chi connectivity index (χ1) is 8.89. The summed E-state index contributed by atoms with van der Waals surface area (Å²) in [4.78, 5) is 12.2. The molecular formula is C15H22ClNOP+. The van der Waals surface area contributed by atoms with E-state index in [9.17, 15) is 4.79 Å². The molecule has 1 saturated heterocycles. The first-order valence-corrected chi connectivity index (χ1v) is 9.97. The van der Waals surface area contributed by atoms with E-state index in [1.807, 2.05) is 26.0 Å². The van der Waals surface area contributed by atoms with Gasteiger partial charge in [-0.3, -0.25) is 4.79 Å². The van der Waals surface area contributed by atoms with Crippen LogP contribution >= 0.6 is 18.9 Å². The molecule has 1 aromatic carbocycles. The molecule has 0 aromatic heterocycles. The second-order valence-corrected chi connectivity index (χ2v) is 10.8.